The summed E-state index contributed by atoms with van der Waals surface area (Å²) in [5.41, 5.74) is 2.59. The molecule has 0 unspecified atom stereocenters. The molecule has 1 heterocycles. The van der Waals surface area contributed by atoms with E-state index in [2.05, 4.69) is 52.3 Å². The average molecular weight is 336 g/mol. The highest BCUT2D eigenvalue weighted by atomic mass is 16.2. The van der Waals surface area contributed by atoms with Crippen LogP contribution in [-0.4, -0.2) is 34.8 Å². The molecular formula is C22H28N2O. The Balaban J connectivity index is 1.59. The molecule has 0 saturated carbocycles. The second-order valence-corrected chi connectivity index (χ2v) is 6.85. The number of amides is 1. The van der Waals surface area contributed by atoms with Crippen molar-refractivity contribution in [2.75, 3.05) is 13.1 Å². The normalized spacial score (nSPS) is 15.9. The molecule has 0 aromatic heterocycles. The summed E-state index contributed by atoms with van der Waals surface area (Å²) in [6.45, 7) is 5.82. The lowest BCUT2D eigenvalue weighted by atomic mass is 10.0. The third-order valence-electron chi connectivity index (χ3n) is 5.07. The third kappa shape index (κ3) is 4.93. The SMILES string of the molecule is CCC(=O)N(Cc1ccccc1)C1CCN(Cc2ccccc2)CC1. The Morgan fingerprint density at radius 2 is 1.52 bits per heavy atom. The van der Waals surface area contributed by atoms with Crippen LogP contribution in [0.2, 0.25) is 0 Å². The molecule has 1 amide bonds. The Bertz CT molecular complexity index is 648. The monoisotopic (exact) mass is 336 g/mol. The molecule has 1 aliphatic rings. The van der Waals surface area contributed by atoms with Crippen LogP contribution in [0, 0.1) is 0 Å². The highest BCUT2D eigenvalue weighted by Gasteiger charge is 2.27. The number of hydrogen-bond donors (Lipinski definition) is 0. The zero-order valence-corrected chi connectivity index (χ0v) is 15.1. The standard InChI is InChI=1S/C22H28N2O/c1-2-22(25)24(18-20-11-7-4-8-12-20)21-13-15-23(16-14-21)17-19-9-5-3-6-10-19/h3-12,21H,2,13-18H2,1H3. The topological polar surface area (TPSA) is 23.6 Å². The number of carbonyl (C=O) groups excluding carboxylic acids is 1. The van der Waals surface area contributed by atoms with E-state index >= 15 is 0 Å². The van der Waals surface area contributed by atoms with E-state index in [4.69, 9.17) is 0 Å². The van der Waals surface area contributed by atoms with Crippen LogP contribution in [0.1, 0.15) is 37.3 Å². The predicted octanol–water partition coefficient (Wildman–Crippen LogP) is 4.09. The van der Waals surface area contributed by atoms with Gasteiger partial charge in [0.1, 0.15) is 0 Å². The predicted molar refractivity (Wildman–Crippen MR) is 102 cm³/mol. The van der Waals surface area contributed by atoms with Gasteiger partial charge in [-0.1, -0.05) is 67.6 Å². The van der Waals surface area contributed by atoms with Gasteiger partial charge in [0.25, 0.3) is 0 Å². The van der Waals surface area contributed by atoms with Crippen LogP contribution in [0.5, 0.6) is 0 Å². The van der Waals surface area contributed by atoms with E-state index in [1.807, 2.05) is 25.1 Å². The zero-order valence-electron chi connectivity index (χ0n) is 15.1. The molecule has 3 rings (SSSR count). The molecule has 25 heavy (non-hydrogen) atoms. The second-order valence-electron chi connectivity index (χ2n) is 6.85. The summed E-state index contributed by atoms with van der Waals surface area (Å²) in [4.78, 5) is 17.1. The van der Waals surface area contributed by atoms with E-state index in [0.717, 1.165) is 39.0 Å². The van der Waals surface area contributed by atoms with Gasteiger partial charge in [-0.25, -0.2) is 0 Å². The van der Waals surface area contributed by atoms with Gasteiger partial charge in [0.15, 0.2) is 0 Å². The van der Waals surface area contributed by atoms with Gasteiger partial charge >= 0.3 is 0 Å². The van der Waals surface area contributed by atoms with Crippen molar-refractivity contribution >= 4 is 5.91 Å². The summed E-state index contributed by atoms with van der Waals surface area (Å²) in [6.07, 6.45) is 2.70. The molecule has 2 aromatic carbocycles. The Morgan fingerprint density at radius 1 is 0.960 bits per heavy atom. The molecule has 2 aromatic rings. The first-order valence-electron chi connectivity index (χ1n) is 9.36. The molecule has 0 aliphatic carbocycles. The summed E-state index contributed by atoms with van der Waals surface area (Å²) >= 11 is 0. The maximum absolute atomic E-state index is 12.5. The zero-order chi connectivity index (χ0) is 17.5. The number of carbonyl (C=O) groups is 1. The molecule has 1 saturated heterocycles. The fourth-order valence-electron chi connectivity index (χ4n) is 3.63. The van der Waals surface area contributed by atoms with Crippen molar-refractivity contribution in [1.82, 2.24) is 9.80 Å². The first-order chi connectivity index (χ1) is 12.3. The molecule has 0 spiro atoms. The lowest BCUT2D eigenvalue weighted by Gasteiger charge is -2.38. The molecule has 1 aliphatic heterocycles. The van der Waals surface area contributed by atoms with Gasteiger partial charge in [0.2, 0.25) is 5.91 Å². The van der Waals surface area contributed by atoms with Crippen molar-refractivity contribution in [3.05, 3.63) is 71.8 Å². The van der Waals surface area contributed by atoms with Gasteiger partial charge in [-0.2, -0.15) is 0 Å². The van der Waals surface area contributed by atoms with Gasteiger partial charge in [0, 0.05) is 38.6 Å². The van der Waals surface area contributed by atoms with Gasteiger partial charge in [-0.3, -0.25) is 9.69 Å². The third-order valence-corrected chi connectivity index (χ3v) is 5.07. The van der Waals surface area contributed by atoms with Crippen molar-refractivity contribution < 1.29 is 4.79 Å². The van der Waals surface area contributed by atoms with Crippen LogP contribution in [0.25, 0.3) is 0 Å². The number of hydrogen-bond acceptors (Lipinski definition) is 2. The number of rotatable bonds is 6. The summed E-state index contributed by atoms with van der Waals surface area (Å²) < 4.78 is 0. The van der Waals surface area contributed by atoms with E-state index in [9.17, 15) is 4.79 Å². The first kappa shape index (κ1) is 17.7. The quantitative estimate of drug-likeness (QED) is 0.793. The Kier molecular flexibility index (Phi) is 6.24. The number of nitrogens with zero attached hydrogens (tertiary/aromatic N) is 2. The van der Waals surface area contributed by atoms with Gasteiger partial charge in [0.05, 0.1) is 0 Å². The lowest BCUT2D eigenvalue weighted by molar-refractivity contribution is -0.135. The molecule has 1 fully saturated rings. The van der Waals surface area contributed by atoms with Gasteiger partial charge in [-0.05, 0) is 24.0 Å². The van der Waals surface area contributed by atoms with Gasteiger partial charge in [-0.15, -0.1) is 0 Å². The molecule has 0 bridgehead atoms. The number of benzene rings is 2. The summed E-state index contributed by atoms with van der Waals surface area (Å²) in [7, 11) is 0. The Labute approximate surface area is 151 Å². The minimum Gasteiger partial charge on any atom is -0.335 e. The first-order valence-corrected chi connectivity index (χ1v) is 9.36. The molecule has 0 N–H and O–H groups in total. The fraction of sp³-hybridized carbons (Fsp3) is 0.409. The van der Waals surface area contributed by atoms with E-state index in [0.29, 0.717) is 12.5 Å². The minimum atomic E-state index is 0.269. The number of likely N-dealkylation sites (tertiary alicyclic amines) is 1. The van der Waals surface area contributed by atoms with Gasteiger partial charge < -0.3 is 4.90 Å². The summed E-state index contributed by atoms with van der Waals surface area (Å²) in [6, 6.07) is 21.3. The van der Waals surface area contributed by atoms with Crippen LogP contribution in [0.3, 0.4) is 0 Å². The largest absolute Gasteiger partial charge is 0.335 e. The Morgan fingerprint density at radius 3 is 2.08 bits per heavy atom. The van der Waals surface area contributed by atoms with Crippen LogP contribution >= 0.6 is 0 Å². The molecule has 3 nitrogen and oxygen atoms in total. The second kappa shape index (κ2) is 8.82. The minimum absolute atomic E-state index is 0.269. The van der Waals surface area contributed by atoms with Crippen LogP contribution in [-0.2, 0) is 17.9 Å². The van der Waals surface area contributed by atoms with E-state index in [-0.39, 0.29) is 5.91 Å². The smallest absolute Gasteiger partial charge is 0.222 e. The molecular weight excluding hydrogens is 308 g/mol. The average Bonchev–Trinajstić information content (AvgIpc) is 2.68. The maximum Gasteiger partial charge on any atom is 0.222 e. The summed E-state index contributed by atoms with van der Waals surface area (Å²) in [5.74, 6) is 0.269. The molecule has 0 radical (unpaired) electrons. The fourth-order valence-corrected chi connectivity index (χ4v) is 3.63. The molecule has 3 heteroatoms. The molecule has 132 valence electrons. The Hall–Kier alpha value is -2.13. The van der Waals surface area contributed by atoms with E-state index in [1.165, 1.54) is 11.1 Å². The number of piperidine rings is 1. The molecule has 0 atom stereocenters. The van der Waals surface area contributed by atoms with Crippen molar-refractivity contribution in [3.63, 3.8) is 0 Å². The van der Waals surface area contributed by atoms with Crippen LogP contribution < -0.4 is 0 Å². The van der Waals surface area contributed by atoms with Crippen LogP contribution in [0.4, 0.5) is 0 Å². The van der Waals surface area contributed by atoms with E-state index < -0.39 is 0 Å². The van der Waals surface area contributed by atoms with Crippen molar-refractivity contribution in [3.8, 4) is 0 Å². The van der Waals surface area contributed by atoms with E-state index in [1.54, 1.807) is 0 Å². The highest BCUT2D eigenvalue weighted by Crippen LogP contribution is 2.21. The van der Waals surface area contributed by atoms with Crippen molar-refractivity contribution in [2.45, 2.75) is 45.3 Å². The summed E-state index contributed by atoms with van der Waals surface area (Å²) in [5, 5.41) is 0. The maximum atomic E-state index is 12.5. The lowest BCUT2D eigenvalue weighted by Crippen LogP contribution is -2.46. The highest BCUT2D eigenvalue weighted by molar-refractivity contribution is 5.76. The van der Waals surface area contributed by atoms with Crippen molar-refractivity contribution in [2.24, 2.45) is 0 Å². The van der Waals surface area contributed by atoms with Crippen molar-refractivity contribution in [1.29, 1.82) is 0 Å². The van der Waals surface area contributed by atoms with Crippen LogP contribution in [0.15, 0.2) is 60.7 Å².